The number of hydrogen-bond acceptors (Lipinski definition) is 3. The molecule has 1 aromatic heterocycles. The van der Waals surface area contributed by atoms with Crippen molar-refractivity contribution < 1.29 is 14.3 Å². The van der Waals surface area contributed by atoms with Gasteiger partial charge in [-0.1, -0.05) is 42.5 Å². The molecule has 2 N–H and O–H groups in total. The van der Waals surface area contributed by atoms with Crippen LogP contribution in [0.5, 0.6) is 5.75 Å². The van der Waals surface area contributed by atoms with Crippen molar-refractivity contribution in [1.82, 2.24) is 4.57 Å². The largest absolute Gasteiger partial charge is 0.485 e. The molecule has 4 rings (SSSR count). The molecule has 0 atom stereocenters. The molecule has 0 bridgehead atoms. The van der Waals surface area contributed by atoms with E-state index in [0.717, 1.165) is 32.9 Å². The number of ether oxygens (including phenoxy) is 1. The van der Waals surface area contributed by atoms with Gasteiger partial charge in [0.25, 0.3) is 0 Å². The monoisotopic (exact) mass is 372 g/mol. The van der Waals surface area contributed by atoms with E-state index in [4.69, 9.17) is 10.5 Å². The Morgan fingerprint density at radius 3 is 2.54 bits per heavy atom. The zero-order valence-electron chi connectivity index (χ0n) is 15.5. The summed E-state index contributed by atoms with van der Waals surface area (Å²) in [6, 6.07) is 19.5. The van der Waals surface area contributed by atoms with Crippen molar-refractivity contribution in [1.29, 1.82) is 0 Å². The molecule has 0 saturated carbocycles. The number of aromatic nitrogens is 1. The van der Waals surface area contributed by atoms with Crippen LogP contribution in [0.1, 0.15) is 21.5 Å². The number of fused-ring (bicyclic) bond motifs is 3. The third-order valence-corrected chi connectivity index (χ3v) is 4.95. The maximum Gasteiger partial charge on any atom is 0.249 e. The summed E-state index contributed by atoms with van der Waals surface area (Å²) in [7, 11) is 0. The lowest BCUT2D eigenvalue weighted by Gasteiger charge is -2.11. The number of benzene rings is 3. The number of nitrogens with two attached hydrogens (primary N) is 1. The Balaban J connectivity index is 2.11. The van der Waals surface area contributed by atoms with E-state index in [-0.39, 0.29) is 6.61 Å². The van der Waals surface area contributed by atoms with Crippen molar-refractivity contribution in [2.75, 3.05) is 6.61 Å². The predicted octanol–water partition coefficient (Wildman–Crippen LogP) is 3.83. The standard InChI is InChI=1S/C23H20N2O3/c1-15-10-11-19(28-13-12-26)21-20-17(23(24)27)8-5-9-18(20)25(22(15)21)14-16-6-3-2-4-7-16/h2-12H,13-14H2,1H3,(H2,24,27). The Morgan fingerprint density at radius 2 is 1.82 bits per heavy atom. The number of rotatable bonds is 6. The van der Waals surface area contributed by atoms with E-state index in [2.05, 4.69) is 16.7 Å². The van der Waals surface area contributed by atoms with E-state index in [0.29, 0.717) is 24.1 Å². The third-order valence-electron chi connectivity index (χ3n) is 4.95. The lowest BCUT2D eigenvalue weighted by atomic mass is 10.0. The van der Waals surface area contributed by atoms with Crippen molar-refractivity contribution >= 4 is 34.0 Å². The molecule has 140 valence electrons. The molecule has 0 aliphatic heterocycles. The molecule has 1 heterocycles. The fourth-order valence-electron chi connectivity index (χ4n) is 3.79. The lowest BCUT2D eigenvalue weighted by Crippen LogP contribution is -2.11. The molecule has 5 heteroatoms. The molecule has 1 amide bonds. The molecule has 0 aliphatic rings. The molecule has 0 radical (unpaired) electrons. The van der Waals surface area contributed by atoms with Crippen LogP contribution in [-0.4, -0.2) is 23.4 Å². The van der Waals surface area contributed by atoms with Crippen LogP contribution in [0.3, 0.4) is 0 Å². The second kappa shape index (κ2) is 7.19. The van der Waals surface area contributed by atoms with Gasteiger partial charge in [-0.25, -0.2) is 0 Å². The number of carbonyl (C=O) groups excluding carboxylic acids is 2. The van der Waals surface area contributed by atoms with Gasteiger partial charge < -0.3 is 15.0 Å². The van der Waals surface area contributed by atoms with Crippen molar-refractivity contribution in [2.45, 2.75) is 13.5 Å². The molecule has 0 fully saturated rings. The molecule has 28 heavy (non-hydrogen) atoms. The minimum Gasteiger partial charge on any atom is -0.485 e. The zero-order valence-corrected chi connectivity index (χ0v) is 15.5. The highest BCUT2D eigenvalue weighted by Gasteiger charge is 2.21. The highest BCUT2D eigenvalue weighted by atomic mass is 16.5. The van der Waals surface area contributed by atoms with E-state index < -0.39 is 5.91 Å². The summed E-state index contributed by atoms with van der Waals surface area (Å²) in [6.45, 7) is 2.61. The van der Waals surface area contributed by atoms with Gasteiger partial charge in [0.05, 0.1) is 16.4 Å². The Bertz CT molecular complexity index is 1190. The smallest absolute Gasteiger partial charge is 0.249 e. The van der Waals surface area contributed by atoms with E-state index in [1.807, 2.05) is 49.4 Å². The van der Waals surface area contributed by atoms with Crippen LogP contribution >= 0.6 is 0 Å². The van der Waals surface area contributed by atoms with Gasteiger partial charge in [-0.05, 0) is 36.2 Å². The molecule has 4 aromatic rings. The number of hydrogen-bond donors (Lipinski definition) is 1. The van der Waals surface area contributed by atoms with Gasteiger partial charge in [0.1, 0.15) is 12.4 Å². The van der Waals surface area contributed by atoms with E-state index in [1.54, 1.807) is 6.07 Å². The number of amides is 1. The highest BCUT2D eigenvalue weighted by Crippen LogP contribution is 2.39. The van der Waals surface area contributed by atoms with E-state index in [1.165, 1.54) is 0 Å². The van der Waals surface area contributed by atoms with Crippen LogP contribution in [0.15, 0.2) is 60.7 Å². The Hall–Kier alpha value is -3.60. The summed E-state index contributed by atoms with van der Waals surface area (Å²) in [4.78, 5) is 23.0. The Kier molecular flexibility index (Phi) is 4.57. The molecule has 0 spiro atoms. The third kappa shape index (κ3) is 2.91. The predicted molar refractivity (Wildman–Crippen MR) is 110 cm³/mol. The van der Waals surface area contributed by atoms with Crippen molar-refractivity contribution in [2.24, 2.45) is 5.73 Å². The first kappa shape index (κ1) is 17.8. The van der Waals surface area contributed by atoms with Crippen LogP contribution in [-0.2, 0) is 11.3 Å². The van der Waals surface area contributed by atoms with Crippen LogP contribution in [0.2, 0.25) is 0 Å². The van der Waals surface area contributed by atoms with Crippen molar-refractivity contribution in [3.05, 3.63) is 77.4 Å². The van der Waals surface area contributed by atoms with Gasteiger partial charge in [0.15, 0.2) is 6.29 Å². The van der Waals surface area contributed by atoms with Gasteiger partial charge in [-0.2, -0.15) is 0 Å². The average Bonchev–Trinajstić information content (AvgIpc) is 3.04. The molecular formula is C23H20N2O3. The van der Waals surface area contributed by atoms with Crippen LogP contribution < -0.4 is 10.5 Å². The molecule has 3 aromatic carbocycles. The number of aryl methyl sites for hydroxylation is 1. The summed E-state index contributed by atoms with van der Waals surface area (Å²) in [5.74, 6) is 0.0745. The van der Waals surface area contributed by atoms with E-state index in [9.17, 15) is 9.59 Å². The molecule has 0 saturated heterocycles. The first-order valence-electron chi connectivity index (χ1n) is 9.06. The summed E-state index contributed by atoms with van der Waals surface area (Å²) in [6.07, 6.45) is 0.712. The van der Waals surface area contributed by atoms with Gasteiger partial charge in [-0.3, -0.25) is 9.59 Å². The fourth-order valence-corrected chi connectivity index (χ4v) is 3.79. The Labute approximate surface area is 162 Å². The lowest BCUT2D eigenvalue weighted by molar-refractivity contribution is -0.109. The summed E-state index contributed by atoms with van der Waals surface area (Å²) in [5, 5.41) is 1.56. The van der Waals surface area contributed by atoms with Gasteiger partial charge in [0, 0.05) is 17.5 Å². The highest BCUT2D eigenvalue weighted by molar-refractivity contribution is 6.20. The Morgan fingerprint density at radius 1 is 1.04 bits per heavy atom. The van der Waals surface area contributed by atoms with Crippen LogP contribution in [0.4, 0.5) is 0 Å². The second-order valence-corrected chi connectivity index (χ2v) is 6.72. The minimum atomic E-state index is -0.493. The summed E-state index contributed by atoms with van der Waals surface area (Å²) < 4.78 is 7.87. The normalized spacial score (nSPS) is 11.0. The van der Waals surface area contributed by atoms with Crippen LogP contribution in [0.25, 0.3) is 21.8 Å². The molecule has 0 aliphatic carbocycles. The number of primary amides is 1. The van der Waals surface area contributed by atoms with E-state index >= 15 is 0 Å². The summed E-state index contributed by atoms with van der Waals surface area (Å²) >= 11 is 0. The quantitative estimate of drug-likeness (QED) is 0.523. The maximum absolute atomic E-state index is 12.2. The SMILES string of the molecule is Cc1ccc(OCC=O)c2c3c(C(N)=O)cccc3n(Cc3ccccc3)c12. The maximum atomic E-state index is 12.2. The average molecular weight is 372 g/mol. The van der Waals surface area contributed by atoms with Gasteiger partial charge in [-0.15, -0.1) is 0 Å². The zero-order chi connectivity index (χ0) is 19.7. The number of carbonyl (C=O) groups is 2. The molecular weight excluding hydrogens is 352 g/mol. The van der Waals surface area contributed by atoms with Crippen LogP contribution in [0, 0.1) is 6.92 Å². The molecule has 0 unspecified atom stereocenters. The van der Waals surface area contributed by atoms with Gasteiger partial charge in [0.2, 0.25) is 5.91 Å². The van der Waals surface area contributed by atoms with Crippen molar-refractivity contribution in [3.63, 3.8) is 0 Å². The first-order valence-corrected chi connectivity index (χ1v) is 9.06. The first-order chi connectivity index (χ1) is 13.6. The molecule has 5 nitrogen and oxygen atoms in total. The van der Waals surface area contributed by atoms with Crippen molar-refractivity contribution in [3.8, 4) is 5.75 Å². The number of nitrogens with zero attached hydrogens (tertiary/aromatic N) is 1. The fraction of sp³-hybridized carbons (Fsp3) is 0.130. The summed E-state index contributed by atoms with van der Waals surface area (Å²) in [5.41, 5.74) is 10.2. The minimum absolute atomic E-state index is 0.0533. The van der Waals surface area contributed by atoms with Gasteiger partial charge >= 0.3 is 0 Å². The second-order valence-electron chi connectivity index (χ2n) is 6.72. The number of aldehydes is 1. The topological polar surface area (TPSA) is 74.3 Å².